The SMILES string of the molecule is CCCCCC/C=C/[C@H]1CCC[C@@H]1CCCCCCC(O)(O)O. The van der Waals surface area contributed by atoms with E-state index in [1.165, 1.54) is 64.2 Å². The van der Waals surface area contributed by atoms with Gasteiger partial charge in [-0.25, -0.2) is 0 Å². The molecule has 0 amide bonds. The molecule has 0 aromatic rings. The zero-order valence-electron chi connectivity index (χ0n) is 15.1. The summed E-state index contributed by atoms with van der Waals surface area (Å²) in [6.07, 6.45) is 21.0. The fraction of sp³-hybridized carbons (Fsp3) is 0.900. The van der Waals surface area contributed by atoms with Gasteiger partial charge < -0.3 is 15.3 Å². The molecule has 136 valence electrons. The van der Waals surface area contributed by atoms with Gasteiger partial charge in [0.15, 0.2) is 0 Å². The fourth-order valence-corrected chi connectivity index (χ4v) is 3.76. The molecule has 3 heteroatoms. The van der Waals surface area contributed by atoms with E-state index in [1.54, 1.807) is 0 Å². The molecule has 0 saturated heterocycles. The lowest BCUT2D eigenvalue weighted by Crippen LogP contribution is -2.26. The second-order valence-corrected chi connectivity index (χ2v) is 7.36. The van der Waals surface area contributed by atoms with Crippen LogP contribution in [0.1, 0.15) is 96.8 Å². The number of rotatable bonds is 13. The molecule has 3 N–H and O–H groups in total. The molecule has 0 spiro atoms. The highest BCUT2D eigenvalue weighted by Gasteiger charge is 2.24. The molecule has 0 bridgehead atoms. The van der Waals surface area contributed by atoms with Gasteiger partial charge in [0, 0.05) is 6.42 Å². The maximum absolute atomic E-state index is 8.84. The van der Waals surface area contributed by atoms with Gasteiger partial charge in [-0.05, 0) is 50.4 Å². The molecule has 1 aliphatic carbocycles. The van der Waals surface area contributed by atoms with Gasteiger partial charge >= 0.3 is 0 Å². The first-order valence-corrected chi connectivity index (χ1v) is 9.86. The lowest BCUT2D eigenvalue weighted by atomic mass is 9.90. The zero-order chi connectivity index (χ0) is 17.0. The van der Waals surface area contributed by atoms with E-state index >= 15 is 0 Å². The van der Waals surface area contributed by atoms with Gasteiger partial charge in [0.05, 0.1) is 0 Å². The highest BCUT2D eigenvalue weighted by Crippen LogP contribution is 2.36. The fourth-order valence-electron chi connectivity index (χ4n) is 3.76. The van der Waals surface area contributed by atoms with E-state index in [0.29, 0.717) is 6.42 Å². The average Bonchev–Trinajstić information content (AvgIpc) is 2.93. The van der Waals surface area contributed by atoms with Crippen molar-refractivity contribution in [1.82, 2.24) is 0 Å². The smallest absolute Gasteiger partial charge is 0.275 e. The Balaban J connectivity index is 2.07. The van der Waals surface area contributed by atoms with E-state index in [0.717, 1.165) is 24.7 Å². The molecule has 0 radical (unpaired) electrons. The first-order chi connectivity index (χ1) is 11.0. The van der Waals surface area contributed by atoms with E-state index in [9.17, 15) is 0 Å². The molecule has 0 aliphatic heterocycles. The Hall–Kier alpha value is -0.380. The Morgan fingerprint density at radius 2 is 1.65 bits per heavy atom. The largest absolute Gasteiger partial charge is 0.344 e. The summed E-state index contributed by atoms with van der Waals surface area (Å²) in [6.45, 7) is 2.26. The molecular formula is C20H38O3. The van der Waals surface area contributed by atoms with Gasteiger partial charge in [0.1, 0.15) is 0 Å². The van der Waals surface area contributed by atoms with Crippen LogP contribution in [0.5, 0.6) is 0 Å². The third-order valence-corrected chi connectivity index (χ3v) is 5.16. The number of unbranched alkanes of at least 4 members (excludes halogenated alkanes) is 7. The van der Waals surface area contributed by atoms with Crippen molar-refractivity contribution >= 4 is 0 Å². The van der Waals surface area contributed by atoms with Crippen molar-refractivity contribution in [3.8, 4) is 0 Å². The van der Waals surface area contributed by atoms with Crippen LogP contribution in [-0.2, 0) is 0 Å². The van der Waals surface area contributed by atoms with E-state index in [-0.39, 0.29) is 6.42 Å². The molecule has 2 atom stereocenters. The molecule has 0 aromatic carbocycles. The number of hydrogen-bond acceptors (Lipinski definition) is 3. The molecule has 0 heterocycles. The number of allylic oxidation sites excluding steroid dienone is 2. The molecule has 23 heavy (non-hydrogen) atoms. The van der Waals surface area contributed by atoms with Crippen LogP contribution in [0.4, 0.5) is 0 Å². The Morgan fingerprint density at radius 3 is 2.39 bits per heavy atom. The van der Waals surface area contributed by atoms with Gasteiger partial charge in [-0.1, -0.05) is 64.0 Å². The maximum atomic E-state index is 8.84. The third kappa shape index (κ3) is 10.9. The normalized spacial score (nSPS) is 22.3. The predicted molar refractivity (Wildman–Crippen MR) is 95.8 cm³/mol. The van der Waals surface area contributed by atoms with Gasteiger partial charge in [0.25, 0.3) is 5.97 Å². The number of hydrogen-bond donors (Lipinski definition) is 3. The second-order valence-electron chi connectivity index (χ2n) is 7.36. The predicted octanol–water partition coefficient (Wildman–Crippen LogP) is 4.90. The van der Waals surface area contributed by atoms with Crippen LogP contribution in [0.3, 0.4) is 0 Å². The molecule has 0 aromatic heterocycles. The first kappa shape index (κ1) is 20.7. The van der Waals surface area contributed by atoms with Crippen molar-refractivity contribution in [3.05, 3.63) is 12.2 Å². The molecule has 3 nitrogen and oxygen atoms in total. The van der Waals surface area contributed by atoms with Crippen molar-refractivity contribution in [2.24, 2.45) is 11.8 Å². The van der Waals surface area contributed by atoms with Gasteiger partial charge in [-0.15, -0.1) is 0 Å². The summed E-state index contributed by atoms with van der Waals surface area (Å²) < 4.78 is 0. The highest BCUT2D eigenvalue weighted by molar-refractivity contribution is 4.94. The quantitative estimate of drug-likeness (QED) is 0.256. The molecule has 1 rings (SSSR count). The summed E-state index contributed by atoms with van der Waals surface area (Å²) in [4.78, 5) is 0. The van der Waals surface area contributed by atoms with Crippen LogP contribution < -0.4 is 0 Å². The van der Waals surface area contributed by atoms with Crippen molar-refractivity contribution in [1.29, 1.82) is 0 Å². The summed E-state index contributed by atoms with van der Waals surface area (Å²) in [5, 5.41) is 26.5. The average molecular weight is 327 g/mol. The van der Waals surface area contributed by atoms with Crippen molar-refractivity contribution < 1.29 is 15.3 Å². The minimum Gasteiger partial charge on any atom is -0.344 e. The molecule has 0 unspecified atom stereocenters. The summed E-state index contributed by atoms with van der Waals surface area (Å²) in [6, 6.07) is 0. The monoisotopic (exact) mass is 326 g/mol. The van der Waals surface area contributed by atoms with Crippen LogP contribution in [0.15, 0.2) is 12.2 Å². The maximum Gasteiger partial charge on any atom is 0.275 e. The summed E-state index contributed by atoms with van der Waals surface area (Å²) in [5.74, 6) is -0.825. The second kappa shape index (κ2) is 12.0. The zero-order valence-corrected chi connectivity index (χ0v) is 15.1. The van der Waals surface area contributed by atoms with Crippen LogP contribution in [0, 0.1) is 11.8 Å². The summed E-state index contributed by atoms with van der Waals surface area (Å²) >= 11 is 0. The van der Waals surface area contributed by atoms with Crippen molar-refractivity contribution in [2.75, 3.05) is 0 Å². The van der Waals surface area contributed by atoms with Crippen LogP contribution in [0.25, 0.3) is 0 Å². The van der Waals surface area contributed by atoms with Crippen LogP contribution in [-0.4, -0.2) is 21.3 Å². The molecular weight excluding hydrogens is 288 g/mol. The minimum atomic E-state index is -2.47. The standard InChI is InChI=1S/C20H38O3/c1-2-3-4-5-6-9-13-18-15-12-16-19(18)14-10-7-8-11-17-20(21,22)23/h9,13,18-19,21-23H,2-8,10-12,14-17H2,1H3/b13-9+/t18-,19-/m0/s1. The van der Waals surface area contributed by atoms with Gasteiger partial charge in [-0.2, -0.15) is 0 Å². The Bertz CT molecular complexity index is 306. The number of aliphatic hydroxyl groups is 3. The Labute approximate surface area is 142 Å². The molecule has 1 aliphatic rings. The van der Waals surface area contributed by atoms with Crippen LogP contribution >= 0.6 is 0 Å². The summed E-state index contributed by atoms with van der Waals surface area (Å²) in [7, 11) is 0. The van der Waals surface area contributed by atoms with Gasteiger partial charge in [0.2, 0.25) is 0 Å². The van der Waals surface area contributed by atoms with Crippen LogP contribution in [0.2, 0.25) is 0 Å². The van der Waals surface area contributed by atoms with E-state index in [2.05, 4.69) is 19.1 Å². The van der Waals surface area contributed by atoms with Crippen molar-refractivity contribution in [3.63, 3.8) is 0 Å². The van der Waals surface area contributed by atoms with E-state index in [1.807, 2.05) is 0 Å². The molecule has 1 saturated carbocycles. The highest BCUT2D eigenvalue weighted by atomic mass is 16.7. The Morgan fingerprint density at radius 1 is 0.913 bits per heavy atom. The van der Waals surface area contributed by atoms with E-state index < -0.39 is 5.97 Å². The minimum absolute atomic E-state index is 0.0554. The summed E-state index contributed by atoms with van der Waals surface area (Å²) in [5.41, 5.74) is 0. The lowest BCUT2D eigenvalue weighted by molar-refractivity contribution is -0.315. The first-order valence-electron chi connectivity index (χ1n) is 9.86. The third-order valence-electron chi connectivity index (χ3n) is 5.16. The van der Waals surface area contributed by atoms with Crippen molar-refractivity contribution in [2.45, 2.75) is 103 Å². The van der Waals surface area contributed by atoms with Gasteiger partial charge in [-0.3, -0.25) is 0 Å². The lowest BCUT2D eigenvalue weighted by Gasteiger charge is -2.16. The topological polar surface area (TPSA) is 60.7 Å². The van der Waals surface area contributed by atoms with E-state index in [4.69, 9.17) is 15.3 Å². The Kier molecular flexibility index (Phi) is 10.8. The molecule has 1 fully saturated rings.